The van der Waals surface area contributed by atoms with Crippen molar-refractivity contribution in [1.82, 2.24) is 4.90 Å². The van der Waals surface area contributed by atoms with E-state index in [-0.39, 0.29) is 17.4 Å². The molecule has 4 nitrogen and oxygen atoms in total. The third kappa shape index (κ3) is 2.89. The van der Waals surface area contributed by atoms with Gasteiger partial charge in [0.15, 0.2) is 0 Å². The smallest absolute Gasteiger partial charge is 0.407 e. The first-order valence-corrected chi connectivity index (χ1v) is 9.22. The van der Waals surface area contributed by atoms with E-state index in [0.29, 0.717) is 10.0 Å². The summed E-state index contributed by atoms with van der Waals surface area (Å²) in [6.45, 7) is 0. The molecule has 1 aromatic rings. The van der Waals surface area contributed by atoms with Crippen molar-refractivity contribution < 1.29 is 15.0 Å². The van der Waals surface area contributed by atoms with E-state index >= 15 is 0 Å². The van der Waals surface area contributed by atoms with Crippen LogP contribution in [0.1, 0.15) is 44.1 Å². The molecule has 24 heavy (non-hydrogen) atoms. The number of hydrogen-bond donors (Lipinski definition) is 2. The van der Waals surface area contributed by atoms with Crippen LogP contribution >= 0.6 is 23.2 Å². The number of nitrogens with zero attached hydrogens (tertiary/aromatic N) is 1. The van der Waals surface area contributed by atoms with Crippen molar-refractivity contribution in [3.8, 4) is 0 Å². The standard InChI is InChI=1S/C18H23Cl2NO3/c1-21(17(23)24)15-5-2-4-12(15)16(22)18(8-3-9-18)11-6-7-13(19)14(20)10-11/h6-7,10,12,15-16,22H,2-5,8-9H2,1H3,(H,23,24)/t12-,15+,16?/m1/s1. The summed E-state index contributed by atoms with van der Waals surface area (Å²) in [5.41, 5.74) is 0.681. The first-order chi connectivity index (χ1) is 11.4. The van der Waals surface area contributed by atoms with Gasteiger partial charge in [0.2, 0.25) is 0 Å². The highest BCUT2D eigenvalue weighted by Crippen LogP contribution is 2.51. The van der Waals surface area contributed by atoms with E-state index in [1.54, 1.807) is 13.1 Å². The molecule has 2 aliphatic rings. The number of hydrogen-bond acceptors (Lipinski definition) is 2. The summed E-state index contributed by atoms with van der Waals surface area (Å²) < 4.78 is 0. The molecule has 6 heteroatoms. The van der Waals surface area contributed by atoms with Crippen LogP contribution < -0.4 is 0 Å². The highest BCUT2D eigenvalue weighted by Gasteiger charge is 2.51. The van der Waals surface area contributed by atoms with Crippen molar-refractivity contribution in [2.24, 2.45) is 5.92 Å². The van der Waals surface area contributed by atoms with Crippen LogP contribution in [-0.2, 0) is 5.41 Å². The van der Waals surface area contributed by atoms with Gasteiger partial charge in [0, 0.05) is 24.4 Å². The lowest BCUT2D eigenvalue weighted by Crippen LogP contribution is -2.53. The number of rotatable bonds is 4. The van der Waals surface area contributed by atoms with E-state index in [1.807, 2.05) is 12.1 Å². The molecule has 0 aliphatic heterocycles. The summed E-state index contributed by atoms with van der Waals surface area (Å²) in [7, 11) is 1.60. The molecule has 1 aromatic carbocycles. The van der Waals surface area contributed by atoms with Crippen molar-refractivity contribution in [2.45, 2.75) is 56.1 Å². The molecule has 3 atom stereocenters. The Kier molecular flexibility index (Phi) is 5.01. The van der Waals surface area contributed by atoms with Crippen LogP contribution in [0.2, 0.25) is 10.0 Å². The average molecular weight is 372 g/mol. The largest absolute Gasteiger partial charge is 0.465 e. The fraction of sp³-hybridized carbons (Fsp3) is 0.611. The maximum atomic E-state index is 11.4. The summed E-state index contributed by atoms with van der Waals surface area (Å²) >= 11 is 12.2. The van der Waals surface area contributed by atoms with E-state index in [4.69, 9.17) is 23.2 Å². The van der Waals surface area contributed by atoms with Gasteiger partial charge in [0.1, 0.15) is 0 Å². The number of amides is 1. The molecular formula is C18H23Cl2NO3. The zero-order valence-electron chi connectivity index (χ0n) is 13.7. The number of benzene rings is 1. The van der Waals surface area contributed by atoms with Gasteiger partial charge >= 0.3 is 6.09 Å². The second-order valence-corrected chi connectivity index (χ2v) is 7.95. The van der Waals surface area contributed by atoms with Gasteiger partial charge in [-0.1, -0.05) is 42.1 Å². The van der Waals surface area contributed by atoms with Crippen LogP contribution in [-0.4, -0.2) is 40.4 Å². The molecule has 0 aromatic heterocycles. The van der Waals surface area contributed by atoms with Crippen LogP contribution in [0.15, 0.2) is 18.2 Å². The minimum absolute atomic E-state index is 0.0409. The van der Waals surface area contributed by atoms with Crippen molar-refractivity contribution >= 4 is 29.3 Å². The molecule has 2 aliphatic carbocycles. The van der Waals surface area contributed by atoms with Crippen LogP contribution in [0, 0.1) is 5.92 Å². The van der Waals surface area contributed by atoms with Crippen molar-refractivity contribution in [2.75, 3.05) is 7.05 Å². The molecule has 0 heterocycles. The van der Waals surface area contributed by atoms with Gasteiger partial charge in [-0.3, -0.25) is 0 Å². The fourth-order valence-corrected chi connectivity index (χ4v) is 4.79. The monoisotopic (exact) mass is 371 g/mol. The highest BCUT2D eigenvalue weighted by molar-refractivity contribution is 6.42. The molecule has 2 saturated carbocycles. The number of carboxylic acid groups (broad SMARTS) is 1. The maximum absolute atomic E-state index is 11.4. The van der Waals surface area contributed by atoms with E-state index < -0.39 is 12.2 Å². The number of carbonyl (C=O) groups is 1. The molecule has 1 amide bonds. The predicted octanol–water partition coefficient (Wildman–Crippen LogP) is 4.55. The Bertz CT molecular complexity index is 633. The average Bonchev–Trinajstić information content (AvgIpc) is 2.98. The van der Waals surface area contributed by atoms with Gasteiger partial charge < -0.3 is 15.1 Å². The van der Waals surface area contributed by atoms with Crippen LogP contribution in [0.25, 0.3) is 0 Å². The Morgan fingerprint density at radius 3 is 2.50 bits per heavy atom. The predicted molar refractivity (Wildman–Crippen MR) is 94.9 cm³/mol. The molecule has 1 unspecified atom stereocenters. The van der Waals surface area contributed by atoms with E-state index in [0.717, 1.165) is 44.1 Å². The number of aliphatic hydroxyl groups excluding tert-OH is 1. The Hall–Kier alpha value is -0.970. The van der Waals surface area contributed by atoms with Gasteiger partial charge in [-0.2, -0.15) is 0 Å². The highest BCUT2D eigenvalue weighted by atomic mass is 35.5. The van der Waals surface area contributed by atoms with Gasteiger partial charge in [-0.05, 0) is 43.4 Å². The second kappa shape index (κ2) is 6.74. The van der Waals surface area contributed by atoms with E-state index in [1.165, 1.54) is 4.90 Å². The first-order valence-electron chi connectivity index (χ1n) is 8.46. The van der Waals surface area contributed by atoms with Gasteiger partial charge in [-0.15, -0.1) is 0 Å². The third-order valence-electron chi connectivity index (χ3n) is 6.04. The summed E-state index contributed by atoms with van der Waals surface area (Å²) in [4.78, 5) is 12.7. The Morgan fingerprint density at radius 1 is 1.25 bits per heavy atom. The van der Waals surface area contributed by atoms with Gasteiger partial charge in [0.05, 0.1) is 16.1 Å². The molecule has 0 saturated heterocycles. The van der Waals surface area contributed by atoms with Crippen molar-refractivity contribution in [3.63, 3.8) is 0 Å². The summed E-state index contributed by atoms with van der Waals surface area (Å²) in [5, 5.41) is 21.6. The quantitative estimate of drug-likeness (QED) is 0.815. The van der Waals surface area contributed by atoms with Crippen molar-refractivity contribution in [3.05, 3.63) is 33.8 Å². The molecule has 132 valence electrons. The normalized spacial score (nSPS) is 26.7. The molecule has 0 spiro atoms. The van der Waals surface area contributed by atoms with Crippen LogP contribution in [0.3, 0.4) is 0 Å². The Morgan fingerprint density at radius 2 is 1.96 bits per heavy atom. The molecule has 0 bridgehead atoms. The van der Waals surface area contributed by atoms with Crippen LogP contribution in [0.5, 0.6) is 0 Å². The third-order valence-corrected chi connectivity index (χ3v) is 6.78. The van der Waals surface area contributed by atoms with Crippen molar-refractivity contribution in [1.29, 1.82) is 0 Å². The summed E-state index contributed by atoms with van der Waals surface area (Å²) in [5.74, 6) is -0.0409. The first kappa shape index (κ1) is 17.8. The lowest BCUT2D eigenvalue weighted by Gasteiger charge is -2.49. The molecular weight excluding hydrogens is 349 g/mol. The van der Waals surface area contributed by atoms with Crippen LogP contribution in [0.4, 0.5) is 4.79 Å². The zero-order chi connectivity index (χ0) is 17.5. The summed E-state index contributed by atoms with van der Waals surface area (Å²) in [6, 6.07) is 5.46. The number of aliphatic hydroxyl groups is 1. The fourth-order valence-electron chi connectivity index (χ4n) is 4.49. The second-order valence-electron chi connectivity index (χ2n) is 7.14. The lowest BCUT2D eigenvalue weighted by atomic mass is 9.58. The van der Waals surface area contributed by atoms with Gasteiger partial charge in [0.25, 0.3) is 0 Å². The van der Waals surface area contributed by atoms with E-state index in [9.17, 15) is 15.0 Å². The molecule has 0 radical (unpaired) electrons. The lowest BCUT2D eigenvalue weighted by molar-refractivity contribution is -0.0309. The minimum Gasteiger partial charge on any atom is -0.465 e. The maximum Gasteiger partial charge on any atom is 0.407 e. The Balaban J connectivity index is 1.89. The Labute approximate surface area is 152 Å². The van der Waals surface area contributed by atoms with Gasteiger partial charge in [-0.25, -0.2) is 4.79 Å². The zero-order valence-corrected chi connectivity index (χ0v) is 15.2. The minimum atomic E-state index is -0.934. The summed E-state index contributed by atoms with van der Waals surface area (Å²) in [6.07, 6.45) is 3.95. The number of halogens is 2. The molecule has 3 rings (SSSR count). The van der Waals surface area contributed by atoms with E-state index in [2.05, 4.69) is 0 Å². The molecule has 2 N–H and O–H groups in total. The topological polar surface area (TPSA) is 60.8 Å². The molecule has 2 fully saturated rings. The SMILES string of the molecule is CN(C(=O)O)[C@H]1CCC[C@H]1C(O)C1(c2ccc(Cl)c(Cl)c2)CCC1.